The van der Waals surface area contributed by atoms with Gasteiger partial charge in [0.15, 0.2) is 11.4 Å². The Morgan fingerprint density at radius 2 is 1.91 bits per heavy atom. The zero-order valence-corrected chi connectivity index (χ0v) is 24.9. The summed E-state index contributed by atoms with van der Waals surface area (Å²) in [6.45, 7) is 3.22. The molecule has 3 aromatic heterocycles. The lowest BCUT2D eigenvalue weighted by molar-refractivity contribution is -0.131. The third-order valence-corrected chi connectivity index (χ3v) is 9.27. The number of likely N-dealkylation sites (tertiary alicyclic amines) is 2. The van der Waals surface area contributed by atoms with Gasteiger partial charge in [0.05, 0.1) is 17.5 Å². The largest absolute Gasteiger partial charge is 0.434 e. The number of carbonyl (C=O) groups excluding carboxylic acids is 2. The van der Waals surface area contributed by atoms with Gasteiger partial charge in [-0.15, -0.1) is 0 Å². The molecule has 44 heavy (non-hydrogen) atoms. The van der Waals surface area contributed by atoms with Crippen LogP contribution in [0.3, 0.4) is 0 Å². The van der Waals surface area contributed by atoms with Crippen LogP contribution in [0.1, 0.15) is 41.6 Å². The summed E-state index contributed by atoms with van der Waals surface area (Å²) in [7, 11) is 0. The summed E-state index contributed by atoms with van der Waals surface area (Å²) in [4.78, 5) is 36.0. The summed E-state index contributed by atoms with van der Waals surface area (Å²) in [5, 5.41) is 9.17. The van der Waals surface area contributed by atoms with Crippen molar-refractivity contribution in [1.29, 1.82) is 0 Å². The number of benzene rings is 1. The van der Waals surface area contributed by atoms with Crippen LogP contribution < -0.4 is 4.74 Å². The average Bonchev–Trinajstić information content (AvgIpc) is 3.31. The maximum Gasteiger partial charge on any atom is 0.387 e. The molecule has 1 aliphatic carbocycles. The first-order valence-corrected chi connectivity index (χ1v) is 15.3. The van der Waals surface area contributed by atoms with Crippen LogP contribution in [0.2, 0.25) is 5.02 Å². The second kappa shape index (κ2) is 11.6. The summed E-state index contributed by atoms with van der Waals surface area (Å²) in [5.74, 6) is 0.507. The SMILES string of the molecule is C[C@@H](C(=O)c1cnn2cccnc12)c1cn(CC(=O)N2C[C@H]3CN(CC4CC4)C[C@H]3C2)nc1-c1cc(Cl)ccc1OC(F)F. The minimum Gasteiger partial charge on any atom is -0.434 e. The van der Waals surface area contributed by atoms with Crippen LogP contribution >= 0.6 is 11.6 Å². The Morgan fingerprint density at radius 1 is 1.14 bits per heavy atom. The van der Waals surface area contributed by atoms with Gasteiger partial charge >= 0.3 is 6.61 Å². The van der Waals surface area contributed by atoms with E-state index >= 15 is 0 Å². The first-order valence-electron chi connectivity index (χ1n) is 14.9. The Balaban J connectivity index is 1.17. The van der Waals surface area contributed by atoms with Crippen LogP contribution in [0.15, 0.2) is 49.1 Å². The van der Waals surface area contributed by atoms with Crippen LogP contribution in [0.25, 0.3) is 16.9 Å². The molecule has 1 saturated carbocycles. The van der Waals surface area contributed by atoms with E-state index in [0.29, 0.717) is 41.7 Å². The van der Waals surface area contributed by atoms with Crippen molar-refractivity contribution in [2.24, 2.45) is 17.8 Å². The third kappa shape index (κ3) is 5.68. The number of halogens is 3. The number of hydrogen-bond acceptors (Lipinski definition) is 7. The quantitative estimate of drug-likeness (QED) is 0.238. The zero-order chi connectivity index (χ0) is 30.5. The minimum atomic E-state index is -3.08. The molecule has 2 saturated heterocycles. The fourth-order valence-corrected chi connectivity index (χ4v) is 6.82. The van der Waals surface area contributed by atoms with Gasteiger partial charge in [0.2, 0.25) is 5.91 Å². The fraction of sp³-hybridized carbons (Fsp3) is 0.452. The number of fused-ring (bicyclic) bond motifs is 2. The molecular formula is C31H32ClF2N7O3. The number of alkyl halides is 2. The van der Waals surface area contributed by atoms with Gasteiger partial charge in [0, 0.05) is 73.4 Å². The normalized spacial score (nSPS) is 20.9. The van der Waals surface area contributed by atoms with Crippen molar-refractivity contribution < 1.29 is 23.1 Å². The molecule has 1 aromatic carbocycles. The van der Waals surface area contributed by atoms with Crippen molar-refractivity contribution in [3.05, 3.63) is 65.2 Å². The fourth-order valence-electron chi connectivity index (χ4n) is 6.65. The minimum absolute atomic E-state index is 0.0526. The smallest absolute Gasteiger partial charge is 0.387 e. The number of aromatic nitrogens is 5. The van der Waals surface area contributed by atoms with E-state index in [1.54, 1.807) is 31.6 Å². The molecule has 1 amide bonds. The van der Waals surface area contributed by atoms with Crippen molar-refractivity contribution in [2.75, 3.05) is 32.7 Å². The number of hydrogen-bond donors (Lipinski definition) is 0. The Labute approximate surface area is 257 Å². The molecule has 0 unspecified atom stereocenters. The van der Waals surface area contributed by atoms with E-state index in [9.17, 15) is 18.4 Å². The highest BCUT2D eigenvalue weighted by Gasteiger charge is 2.42. The molecule has 7 rings (SSSR count). The van der Waals surface area contributed by atoms with Crippen molar-refractivity contribution in [3.8, 4) is 17.0 Å². The Hall–Kier alpha value is -3.90. The number of Topliss-reactive ketones (excluding diaryl/α,β-unsaturated/α-hetero) is 1. The number of amides is 1. The van der Waals surface area contributed by atoms with Crippen LogP contribution in [-0.2, 0) is 11.3 Å². The first kappa shape index (κ1) is 28.8. The van der Waals surface area contributed by atoms with E-state index in [1.165, 1.54) is 53.0 Å². The van der Waals surface area contributed by atoms with E-state index in [1.807, 2.05) is 4.90 Å². The van der Waals surface area contributed by atoms with Gasteiger partial charge in [-0.2, -0.15) is 19.0 Å². The predicted molar refractivity (Wildman–Crippen MR) is 158 cm³/mol. The summed E-state index contributed by atoms with van der Waals surface area (Å²) in [6.07, 6.45) is 9.01. The molecule has 0 N–H and O–H groups in total. The molecule has 3 atom stereocenters. The molecule has 3 fully saturated rings. The molecule has 0 radical (unpaired) electrons. The molecule has 13 heteroatoms. The second-order valence-electron chi connectivity index (χ2n) is 12.2. The van der Waals surface area contributed by atoms with E-state index in [-0.39, 0.29) is 40.3 Å². The molecule has 0 bridgehead atoms. The summed E-state index contributed by atoms with van der Waals surface area (Å²) >= 11 is 6.28. The lowest BCUT2D eigenvalue weighted by Gasteiger charge is -2.21. The summed E-state index contributed by atoms with van der Waals surface area (Å²) in [6, 6.07) is 5.96. The highest BCUT2D eigenvalue weighted by atomic mass is 35.5. The molecule has 10 nitrogen and oxygen atoms in total. The maximum absolute atomic E-state index is 13.8. The Bertz CT molecular complexity index is 1710. The van der Waals surface area contributed by atoms with Crippen LogP contribution in [0.4, 0.5) is 8.78 Å². The Kier molecular flexibility index (Phi) is 7.57. The van der Waals surface area contributed by atoms with Gasteiger partial charge in [-0.3, -0.25) is 14.3 Å². The molecule has 5 heterocycles. The van der Waals surface area contributed by atoms with Crippen LogP contribution in [0.5, 0.6) is 5.75 Å². The van der Waals surface area contributed by atoms with Crippen molar-refractivity contribution in [2.45, 2.75) is 38.8 Å². The van der Waals surface area contributed by atoms with Gasteiger partial charge in [-0.25, -0.2) is 9.50 Å². The molecule has 3 aliphatic rings. The van der Waals surface area contributed by atoms with E-state index < -0.39 is 12.5 Å². The standard InChI is InChI=1S/C31H32ClF2N7O3/c1-18(29(43)24-10-36-41-8-2-7-35-30(24)41)25-16-40(37-28(25)23-9-22(32)5-6-26(23)44-31(33)34)17-27(42)39-14-20-12-38(11-19-3-4-19)13-21(20)15-39/h2,5-10,16,18-21,31H,3-4,11-15,17H2,1H3/t18-,20-,21+/m1/s1. The van der Waals surface area contributed by atoms with Crippen molar-refractivity contribution in [3.63, 3.8) is 0 Å². The van der Waals surface area contributed by atoms with E-state index in [4.69, 9.17) is 16.3 Å². The topological polar surface area (TPSA) is 97.9 Å². The Morgan fingerprint density at radius 3 is 2.64 bits per heavy atom. The number of nitrogens with zero attached hydrogens (tertiary/aromatic N) is 7. The molecule has 0 spiro atoms. The number of ketones is 1. The van der Waals surface area contributed by atoms with Gasteiger partial charge in [-0.05, 0) is 54.9 Å². The summed E-state index contributed by atoms with van der Waals surface area (Å²) in [5.41, 5.74) is 1.57. The number of ether oxygens (including phenoxy) is 1. The first-order chi connectivity index (χ1) is 21.2. The van der Waals surface area contributed by atoms with Crippen LogP contribution in [-0.4, -0.2) is 85.2 Å². The monoisotopic (exact) mass is 623 g/mol. The third-order valence-electron chi connectivity index (χ3n) is 9.03. The predicted octanol–water partition coefficient (Wildman–Crippen LogP) is 4.63. The molecule has 4 aromatic rings. The van der Waals surface area contributed by atoms with E-state index in [2.05, 4.69) is 20.1 Å². The lowest BCUT2D eigenvalue weighted by Crippen LogP contribution is -2.35. The summed E-state index contributed by atoms with van der Waals surface area (Å²) < 4.78 is 34.5. The molecule has 2 aliphatic heterocycles. The number of carbonyl (C=O) groups is 2. The zero-order valence-electron chi connectivity index (χ0n) is 24.2. The van der Waals surface area contributed by atoms with Crippen LogP contribution in [0, 0.1) is 17.8 Å². The average molecular weight is 624 g/mol. The highest BCUT2D eigenvalue weighted by molar-refractivity contribution is 6.31. The van der Waals surface area contributed by atoms with Gasteiger partial charge in [0.1, 0.15) is 12.3 Å². The lowest BCUT2D eigenvalue weighted by atomic mass is 9.91. The number of rotatable bonds is 10. The van der Waals surface area contributed by atoms with Gasteiger partial charge < -0.3 is 14.5 Å². The maximum atomic E-state index is 13.8. The molecule has 230 valence electrons. The van der Waals surface area contributed by atoms with Crippen molar-refractivity contribution >= 4 is 28.9 Å². The van der Waals surface area contributed by atoms with E-state index in [0.717, 1.165) is 19.0 Å². The van der Waals surface area contributed by atoms with Crippen molar-refractivity contribution in [1.82, 2.24) is 34.2 Å². The molecular weight excluding hydrogens is 592 g/mol. The highest BCUT2D eigenvalue weighted by Crippen LogP contribution is 2.39. The van der Waals surface area contributed by atoms with Gasteiger partial charge in [-0.1, -0.05) is 18.5 Å². The second-order valence-corrected chi connectivity index (χ2v) is 12.6. The van der Waals surface area contributed by atoms with Gasteiger partial charge in [0.25, 0.3) is 0 Å².